The summed E-state index contributed by atoms with van der Waals surface area (Å²) in [6.45, 7) is 17.3. The zero-order valence-electron chi connectivity index (χ0n) is 19.2. The molecule has 30 heavy (non-hydrogen) atoms. The van der Waals surface area contributed by atoms with E-state index in [1.165, 1.54) is 29.7 Å². The van der Waals surface area contributed by atoms with Crippen LogP contribution in [0.2, 0.25) is 0 Å². The Morgan fingerprint density at radius 2 is 1.60 bits per heavy atom. The summed E-state index contributed by atoms with van der Waals surface area (Å²) in [5, 5.41) is 24.0. The molecule has 0 bridgehead atoms. The summed E-state index contributed by atoms with van der Waals surface area (Å²) in [6, 6.07) is 5.60. The Bertz CT molecular complexity index is 625. The molecule has 0 radical (unpaired) electrons. The topological polar surface area (TPSA) is 134 Å². The van der Waals surface area contributed by atoms with Crippen molar-refractivity contribution < 1.29 is 19.7 Å². The highest BCUT2D eigenvalue weighted by Gasteiger charge is 2.24. The Morgan fingerprint density at radius 1 is 1.10 bits per heavy atom. The van der Waals surface area contributed by atoms with E-state index in [1.54, 1.807) is 0 Å². The number of hydroxylamine groups is 1. The van der Waals surface area contributed by atoms with E-state index >= 15 is 0 Å². The summed E-state index contributed by atoms with van der Waals surface area (Å²) in [5.41, 5.74) is 2.14. The third-order valence-corrected chi connectivity index (χ3v) is 3.59. The van der Waals surface area contributed by atoms with Gasteiger partial charge < -0.3 is 10.6 Å². The molecule has 0 fully saturated rings. The molecule has 0 aliphatic heterocycles. The average molecular weight is 427 g/mol. The first-order valence-corrected chi connectivity index (χ1v) is 9.98. The van der Waals surface area contributed by atoms with Gasteiger partial charge in [-0.05, 0) is 29.4 Å². The molecule has 0 aliphatic rings. The van der Waals surface area contributed by atoms with Gasteiger partial charge in [0.1, 0.15) is 0 Å². The summed E-state index contributed by atoms with van der Waals surface area (Å²) < 4.78 is 0. The number of carbonyl (C=O) groups is 2. The predicted molar refractivity (Wildman–Crippen MR) is 118 cm³/mol. The van der Waals surface area contributed by atoms with Gasteiger partial charge in [0, 0.05) is 37.3 Å². The van der Waals surface area contributed by atoms with Crippen molar-refractivity contribution >= 4 is 18.0 Å². The van der Waals surface area contributed by atoms with Crippen LogP contribution in [-0.4, -0.2) is 42.1 Å². The Labute approximate surface area is 179 Å². The maximum absolute atomic E-state index is 12.0. The van der Waals surface area contributed by atoms with Crippen molar-refractivity contribution in [3.8, 4) is 0 Å². The highest BCUT2D eigenvalue weighted by Crippen LogP contribution is 2.32. The number of amides is 2. The monoisotopic (exact) mass is 426 g/mol. The third-order valence-electron chi connectivity index (χ3n) is 3.59. The largest absolute Gasteiger partial charge is 0.351 e. The number of carbonyl (C=O) groups excluding carboxylic acids is 2. The third kappa shape index (κ3) is 15.4. The summed E-state index contributed by atoms with van der Waals surface area (Å²) in [6.07, 6.45) is 1.29. The van der Waals surface area contributed by atoms with Gasteiger partial charge in [0.15, 0.2) is 0 Å². The van der Waals surface area contributed by atoms with Gasteiger partial charge in [0.25, 0.3) is 11.6 Å². The van der Waals surface area contributed by atoms with Crippen LogP contribution in [0, 0.1) is 20.9 Å². The molecule has 9 heteroatoms. The van der Waals surface area contributed by atoms with E-state index in [9.17, 15) is 14.9 Å². The molecule has 0 aliphatic carbocycles. The lowest BCUT2D eigenvalue weighted by atomic mass is 9.76. The molecule has 4 N–H and O–H groups in total. The lowest BCUT2D eigenvalue weighted by Gasteiger charge is -2.32. The molecule has 0 unspecified atom stereocenters. The van der Waals surface area contributed by atoms with Crippen LogP contribution in [0.5, 0.6) is 0 Å². The summed E-state index contributed by atoms with van der Waals surface area (Å²) in [4.78, 5) is 30.9. The number of nitrogens with zero attached hydrogens (tertiary/aromatic N) is 1. The quantitative estimate of drug-likeness (QED) is 0.157. The van der Waals surface area contributed by atoms with Crippen LogP contribution < -0.4 is 16.1 Å². The van der Waals surface area contributed by atoms with Crippen molar-refractivity contribution in [1.29, 1.82) is 0 Å². The number of nitro benzene ring substituents is 1. The molecule has 0 spiro atoms. The molecule has 0 atom stereocenters. The number of hydrogen-bond donors (Lipinski definition) is 4. The molecule has 0 aromatic heterocycles. The number of benzene rings is 1. The van der Waals surface area contributed by atoms with Gasteiger partial charge in [0.2, 0.25) is 6.41 Å². The van der Waals surface area contributed by atoms with Crippen LogP contribution in [0.1, 0.15) is 65.2 Å². The Hall–Kier alpha value is -2.52. The molecule has 2 amide bonds. The van der Waals surface area contributed by atoms with E-state index in [0.29, 0.717) is 18.7 Å². The fourth-order valence-electron chi connectivity index (χ4n) is 3.03. The van der Waals surface area contributed by atoms with Gasteiger partial charge in [-0.2, -0.15) is 0 Å². The van der Waals surface area contributed by atoms with Crippen LogP contribution in [0.3, 0.4) is 0 Å². The molecule has 172 valence electrons. The summed E-state index contributed by atoms with van der Waals surface area (Å²) in [5.74, 6) is -0.222. The lowest BCUT2D eigenvalue weighted by Crippen LogP contribution is -2.37. The van der Waals surface area contributed by atoms with E-state index in [-0.39, 0.29) is 28.8 Å². The van der Waals surface area contributed by atoms with Crippen LogP contribution in [0.25, 0.3) is 0 Å². The number of nitrogens with one attached hydrogen (secondary N) is 3. The van der Waals surface area contributed by atoms with Gasteiger partial charge >= 0.3 is 0 Å². The van der Waals surface area contributed by atoms with E-state index in [0.717, 1.165) is 13.0 Å². The maximum Gasteiger partial charge on any atom is 0.269 e. The Balaban J connectivity index is 0. The van der Waals surface area contributed by atoms with Crippen LogP contribution in [0.4, 0.5) is 5.69 Å². The number of hydrogen-bond acceptors (Lipinski definition) is 6. The molecule has 9 nitrogen and oxygen atoms in total. The minimum absolute atomic E-state index is 0.0192. The first-order valence-electron chi connectivity index (χ1n) is 9.98. The highest BCUT2D eigenvalue weighted by molar-refractivity contribution is 5.94. The molecule has 0 saturated heterocycles. The van der Waals surface area contributed by atoms with Gasteiger partial charge in [-0.3, -0.25) is 24.9 Å². The van der Waals surface area contributed by atoms with Crippen molar-refractivity contribution in [2.24, 2.45) is 10.8 Å². The van der Waals surface area contributed by atoms with E-state index in [1.807, 2.05) is 13.8 Å². The van der Waals surface area contributed by atoms with Crippen LogP contribution in [0.15, 0.2) is 24.3 Å². The number of nitro groups is 1. The van der Waals surface area contributed by atoms with Crippen LogP contribution in [-0.2, 0) is 4.79 Å². The average Bonchev–Trinajstić information content (AvgIpc) is 2.67. The Kier molecular flexibility index (Phi) is 15.2. The molecular weight excluding hydrogens is 388 g/mol. The minimum atomic E-state index is -0.481. The highest BCUT2D eigenvalue weighted by atomic mass is 16.6. The Morgan fingerprint density at radius 3 is 2.00 bits per heavy atom. The van der Waals surface area contributed by atoms with Crippen LogP contribution >= 0.6 is 0 Å². The van der Waals surface area contributed by atoms with Crippen molar-refractivity contribution in [2.75, 3.05) is 19.6 Å². The van der Waals surface area contributed by atoms with E-state index in [4.69, 9.17) is 10.0 Å². The molecular formula is C21H38N4O5. The zero-order chi connectivity index (χ0) is 23.8. The normalized spacial score (nSPS) is 10.5. The molecule has 0 saturated carbocycles. The van der Waals surface area contributed by atoms with Gasteiger partial charge in [-0.15, -0.1) is 0 Å². The van der Waals surface area contributed by atoms with Crippen molar-refractivity contribution in [3.63, 3.8) is 0 Å². The summed E-state index contributed by atoms with van der Waals surface area (Å²) >= 11 is 0. The molecule has 0 heterocycles. The standard InChI is InChI=1S/C18H29N3O3.C2H6.CH3NO2/c1-17(2,3)12-18(4,5)13-19-10-11-20-16(22)14-6-8-15(9-7-14)21(23)24;1-2;3-1-2-4/h6-9,19H,10-13H2,1-5H3,(H,20,22);1-2H3;1,4H,(H,2,3). The predicted octanol–water partition coefficient (Wildman–Crippen LogP) is 3.52. The maximum atomic E-state index is 12.0. The second-order valence-corrected chi connectivity index (χ2v) is 8.39. The van der Waals surface area contributed by atoms with E-state index in [2.05, 4.69) is 45.3 Å². The van der Waals surface area contributed by atoms with Gasteiger partial charge in [0.05, 0.1) is 4.92 Å². The SMILES string of the molecule is CC.CC(C)(C)CC(C)(C)CNCCNC(=O)c1ccc([N+](=O)[O-])cc1.O=CNO. The van der Waals surface area contributed by atoms with Crippen molar-refractivity contribution in [1.82, 2.24) is 16.1 Å². The second-order valence-electron chi connectivity index (χ2n) is 8.39. The zero-order valence-corrected chi connectivity index (χ0v) is 19.2. The first kappa shape index (κ1) is 29.7. The molecule has 1 aromatic carbocycles. The lowest BCUT2D eigenvalue weighted by molar-refractivity contribution is -0.384. The minimum Gasteiger partial charge on any atom is -0.351 e. The fourth-order valence-corrected chi connectivity index (χ4v) is 3.03. The van der Waals surface area contributed by atoms with Crippen molar-refractivity contribution in [3.05, 3.63) is 39.9 Å². The summed E-state index contributed by atoms with van der Waals surface area (Å²) in [7, 11) is 0. The number of non-ortho nitro benzene ring substituents is 1. The van der Waals surface area contributed by atoms with E-state index < -0.39 is 4.92 Å². The first-order chi connectivity index (χ1) is 13.9. The molecule has 1 rings (SSSR count). The fraction of sp³-hybridized carbons (Fsp3) is 0.619. The second kappa shape index (κ2) is 15.3. The van der Waals surface area contributed by atoms with Gasteiger partial charge in [-0.1, -0.05) is 48.5 Å². The smallest absolute Gasteiger partial charge is 0.269 e. The molecule has 1 aromatic rings. The van der Waals surface area contributed by atoms with Gasteiger partial charge in [-0.25, -0.2) is 5.48 Å². The van der Waals surface area contributed by atoms with Crippen molar-refractivity contribution in [2.45, 2.75) is 54.9 Å². The number of rotatable bonds is 9.